The maximum absolute atomic E-state index is 12.1. The molecule has 22 heavy (non-hydrogen) atoms. The molecular formula is C16H32N2O4. The highest BCUT2D eigenvalue weighted by atomic mass is 16.6. The summed E-state index contributed by atoms with van der Waals surface area (Å²) in [5.74, 6) is -0.406. The second kappa shape index (κ2) is 11.3. The van der Waals surface area contributed by atoms with E-state index in [0.717, 1.165) is 32.1 Å². The number of esters is 1. The summed E-state index contributed by atoms with van der Waals surface area (Å²) >= 11 is 0. The Morgan fingerprint density at radius 3 is 2.18 bits per heavy atom. The molecule has 0 aromatic rings. The van der Waals surface area contributed by atoms with Crippen LogP contribution in [-0.4, -0.2) is 48.8 Å². The Kier molecular flexibility index (Phi) is 10.6. The quantitative estimate of drug-likeness (QED) is 0.495. The lowest BCUT2D eigenvalue weighted by Gasteiger charge is -2.26. The third-order valence-electron chi connectivity index (χ3n) is 2.91. The number of hydrogen-bond acceptors (Lipinski definition) is 5. The fourth-order valence-electron chi connectivity index (χ4n) is 1.90. The second-order valence-electron chi connectivity index (χ2n) is 6.26. The van der Waals surface area contributed by atoms with Gasteiger partial charge in [-0.25, -0.2) is 4.79 Å². The molecule has 0 fully saturated rings. The molecule has 0 unspecified atom stereocenters. The van der Waals surface area contributed by atoms with Crippen molar-refractivity contribution in [2.45, 2.75) is 65.4 Å². The lowest BCUT2D eigenvalue weighted by Crippen LogP contribution is -2.40. The Balaban J connectivity index is 4.33. The lowest BCUT2D eigenvalue weighted by molar-refractivity contribution is -0.144. The van der Waals surface area contributed by atoms with Crippen molar-refractivity contribution < 1.29 is 19.1 Å². The van der Waals surface area contributed by atoms with Crippen molar-refractivity contribution >= 4 is 12.1 Å². The maximum Gasteiger partial charge on any atom is 0.410 e. The topological polar surface area (TPSA) is 81.9 Å². The molecule has 0 atom stereocenters. The number of carbonyl (C=O) groups excluding carboxylic acids is 2. The molecule has 0 aromatic carbocycles. The molecular weight excluding hydrogens is 284 g/mol. The summed E-state index contributed by atoms with van der Waals surface area (Å²) in [5.41, 5.74) is 4.87. The van der Waals surface area contributed by atoms with Crippen LogP contribution in [0.25, 0.3) is 0 Å². The highest BCUT2D eigenvalue weighted by molar-refractivity contribution is 5.78. The van der Waals surface area contributed by atoms with Gasteiger partial charge in [0.25, 0.3) is 0 Å². The van der Waals surface area contributed by atoms with Crippen LogP contribution in [0.1, 0.15) is 59.8 Å². The zero-order chi connectivity index (χ0) is 17.0. The minimum absolute atomic E-state index is 0.0639. The van der Waals surface area contributed by atoms with E-state index in [2.05, 4.69) is 0 Å². The highest BCUT2D eigenvalue weighted by Gasteiger charge is 2.24. The monoisotopic (exact) mass is 316 g/mol. The predicted octanol–water partition coefficient (Wildman–Crippen LogP) is 2.70. The molecule has 0 aliphatic heterocycles. The fraction of sp³-hybridized carbons (Fsp3) is 0.875. The average molecular weight is 316 g/mol. The first-order valence-corrected chi connectivity index (χ1v) is 8.13. The van der Waals surface area contributed by atoms with Crippen LogP contribution in [0.5, 0.6) is 0 Å². The summed E-state index contributed by atoms with van der Waals surface area (Å²) in [6.45, 7) is 8.61. The summed E-state index contributed by atoms with van der Waals surface area (Å²) in [6.07, 6.45) is 4.58. The van der Waals surface area contributed by atoms with Gasteiger partial charge in [-0.1, -0.05) is 19.3 Å². The van der Waals surface area contributed by atoms with E-state index < -0.39 is 17.7 Å². The number of nitrogens with two attached hydrogens (primary N) is 1. The van der Waals surface area contributed by atoms with E-state index in [0.29, 0.717) is 19.7 Å². The van der Waals surface area contributed by atoms with Gasteiger partial charge < -0.3 is 15.2 Å². The largest absolute Gasteiger partial charge is 0.465 e. The molecule has 0 saturated heterocycles. The molecule has 6 heteroatoms. The van der Waals surface area contributed by atoms with Crippen LogP contribution in [0.15, 0.2) is 0 Å². The zero-order valence-corrected chi connectivity index (χ0v) is 14.5. The summed E-state index contributed by atoms with van der Waals surface area (Å²) in [4.78, 5) is 25.2. The number of carbonyl (C=O) groups is 2. The molecule has 0 spiro atoms. The third-order valence-corrected chi connectivity index (χ3v) is 2.91. The van der Waals surface area contributed by atoms with Gasteiger partial charge in [0.15, 0.2) is 0 Å². The van der Waals surface area contributed by atoms with E-state index >= 15 is 0 Å². The SMILES string of the molecule is CCOC(=O)CN(CCCCCCCN)C(=O)OC(C)(C)C. The number of amides is 1. The van der Waals surface area contributed by atoms with Crippen LogP contribution in [0.2, 0.25) is 0 Å². The van der Waals surface area contributed by atoms with Crippen molar-refractivity contribution in [1.29, 1.82) is 0 Å². The minimum atomic E-state index is -0.578. The van der Waals surface area contributed by atoms with Crippen molar-refractivity contribution in [3.8, 4) is 0 Å². The zero-order valence-electron chi connectivity index (χ0n) is 14.5. The molecule has 2 N–H and O–H groups in total. The van der Waals surface area contributed by atoms with Crippen molar-refractivity contribution in [2.24, 2.45) is 5.73 Å². The van der Waals surface area contributed by atoms with Gasteiger partial charge in [-0.2, -0.15) is 0 Å². The molecule has 0 radical (unpaired) electrons. The normalized spacial score (nSPS) is 11.1. The highest BCUT2D eigenvalue weighted by Crippen LogP contribution is 2.11. The first-order chi connectivity index (χ1) is 10.3. The number of nitrogens with zero attached hydrogens (tertiary/aromatic N) is 1. The Morgan fingerprint density at radius 1 is 1.05 bits per heavy atom. The van der Waals surface area contributed by atoms with Crippen molar-refractivity contribution in [3.63, 3.8) is 0 Å². The summed E-state index contributed by atoms with van der Waals surface area (Å²) < 4.78 is 10.2. The van der Waals surface area contributed by atoms with Crippen molar-refractivity contribution in [2.75, 3.05) is 26.2 Å². The molecule has 0 aromatic heterocycles. The fourth-order valence-corrected chi connectivity index (χ4v) is 1.90. The molecule has 0 bridgehead atoms. The molecule has 1 amide bonds. The number of hydrogen-bond donors (Lipinski definition) is 1. The van der Waals surface area contributed by atoms with Crippen molar-refractivity contribution in [1.82, 2.24) is 4.90 Å². The number of rotatable bonds is 10. The van der Waals surface area contributed by atoms with Crippen LogP contribution in [0.3, 0.4) is 0 Å². The van der Waals surface area contributed by atoms with Gasteiger partial charge in [-0.15, -0.1) is 0 Å². The van der Waals surface area contributed by atoms with E-state index in [4.69, 9.17) is 15.2 Å². The van der Waals surface area contributed by atoms with E-state index in [1.54, 1.807) is 27.7 Å². The molecule has 0 aliphatic carbocycles. The van der Waals surface area contributed by atoms with Gasteiger partial charge >= 0.3 is 12.1 Å². The minimum Gasteiger partial charge on any atom is -0.465 e. The van der Waals surface area contributed by atoms with Gasteiger partial charge in [-0.3, -0.25) is 9.69 Å². The first-order valence-electron chi connectivity index (χ1n) is 8.13. The van der Waals surface area contributed by atoms with E-state index in [1.807, 2.05) is 0 Å². The van der Waals surface area contributed by atoms with Gasteiger partial charge in [-0.05, 0) is 47.1 Å². The van der Waals surface area contributed by atoms with Gasteiger partial charge in [0.2, 0.25) is 0 Å². The van der Waals surface area contributed by atoms with Crippen LogP contribution in [0.4, 0.5) is 4.79 Å². The van der Waals surface area contributed by atoms with Gasteiger partial charge in [0.05, 0.1) is 6.61 Å². The van der Waals surface area contributed by atoms with Crippen LogP contribution < -0.4 is 5.73 Å². The van der Waals surface area contributed by atoms with E-state index in [1.165, 1.54) is 4.90 Å². The van der Waals surface area contributed by atoms with Crippen LogP contribution in [0, 0.1) is 0 Å². The maximum atomic E-state index is 12.1. The Bertz CT molecular complexity index is 327. The van der Waals surface area contributed by atoms with Gasteiger partial charge in [0, 0.05) is 6.54 Å². The summed E-state index contributed by atoms with van der Waals surface area (Å²) in [6, 6.07) is 0. The van der Waals surface area contributed by atoms with Crippen LogP contribution >= 0.6 is 0 Å². The summed E-state index contributed by atoms with van der Waals surface area (Å²) in [7, 11) is 0. The van der Waals surface area contributed by atoms with Crippen molar-refractivity contribution in [3.05, 3.63) is 0 Å². The van der Waals surface area contributed by atoms with E-state index in [-0.39, 0.29) is 6.54 Å². The standard InChI is InChI=1S/C16H32N2O4/c1-5-21-14(19)13-18(15(20)22-16(2,3)4)12-10-8-6-7-9-11-17/h5-13,17H2,1-4H3. The molecule has 0 saturated carbocycles. The second-order valence-corrected chi connectivity index (χ2v) is 6.26. The molecule has 130 valence electrons. The number of ether oxygens (including phenoxy) is 2. The number of unbranched alkanes of at least 4 members (excludes halogenated alkanes) is 4. The Hall–Kier alpha value is -1.30. The first kappa shape index (κ1) is 20.7. The Labute approximate surface area is 134 Å². The smallest absolute Gasteiger partial charge is 0.410 e. The van der Waals surface area contributed by atoms with Gasteiger partial charge in [0.1, 0.15) is 12.1 Å². The summed E-state index contributed by atoms with van der Waals surface area (Å²) in [5, 5.41) is 0. The predicted molar refractivity (Wildman–Crippen MR) is 86.6 cm³/mol. The van der Waals surface area contributed by atoms with Crippen LogP contribution in [-0.2, 0) is 14.3 Å². The lowest BCUT2D eigenvalue weighted by atomic mass is 10.1. The molecule has 0 rings (SSSR count). The average Bonchev–Trinajstić information content (AvgIpc) is 2.39. The Morgan fingerprint density at radius 2 is 1.64 bits per heavy atom. The molecule has 0 heterocycles. The molecule has 0 aliphatic rings. The molecule has 6 nitrogen and oxygen atoms in total. The van der Waals surface area contributed by atoms with E-state index in [9.17, 15) is 9.59 Å². The third kappa shape index (κ3) is 11.4.